The molecule has 0 aliphatic carbocycles. The Morgan fingerprint density at radius 2 is 2.42 bits per heavy atom. The highest BCUT2D eigenvalue weighted by molar-refractivity contribution is 8.01. The minimum Gasteiger partial charge on any atom is -0.238 e. The van der Waals surface area contributed by atoms with E-state index in [4.69, 9.17) is 0 Å². The Hall–Kier alpha value is 0.330. The molecule has 0 bridgehead atoms. The highest BCUT2D eigenvalue weighted by Gasteiger charge is 2.16. The van der Waals surface area contributed by atoms with Gasteiger partial charge in [-0.2, -0.15) is 12.6 Å². The van der Waals surface area contributed by atoms with Crippen LogP contribution in [0.15, 0.2) is 15.9 Å². The number of thiazole rings is 1. The molecule has 0 aliphatic heterocycles. The van der Waals surface area contributed by atoms with Crippen LogP contribution in [0.1, 0.15) is 13.8 Å². The summed E-state index contributed by atoms with van der Waals surface area (Å²) in [5.41, 5.74) is 0.305. The summed E-state index contributed by atoms with van der Waals surface area (Å²) in [5.74, 6) is 2.01. The van der Waals surface area contributed by atoms with Crippen molar-refractivity contribution in [3.63, 3.8) is 0 Å². The zero-order chi connectivity index (χ0) is 9.03. The summed E-state index contributed by atoms with van der Waals surface area (Å²) >= 11 is 7.82. The molecule has 0 amide bonds. The molecule has 0 fully saturated rings. The van der Waals surface area contributed by atoms with Crippen LogP contribution in [0.2, 0.25) is 0 Å². The van der Waals surface area contributed by atoms with E-state index >= 15 is 0 Å². The second-order valence-electron chi connectivity index (χ2n) is 3.41. The third-order valence-electron chi connectivity index (χ3n) is 1.42. The van der Waals surface area contributed by atoms with E-state index in [0.717, 1.165) is 15.8 Å². The second-order valence-corrected chi connectivity index (χ2v) is 5.84. The average molecular weight is 219 g/mol. The number of nitrogens with zero attached hydrogens (tertiary/aromatic N) is 1. The van der Waals surface area contributed by atoms with Crippen molar-refractivity contribution in [2.45, 2.75) is 18.2 Å². The highest BCUT2D eigenvalue weighted by Crippen LogP contribution is 2.29. The lowest BCUT2D eigenvalue weighted by atomic mass is 10.0. The molecule has 0 aliphatic rings. The molecule has 0 atom stereocenters. The maximum Gasteiger partial charge on any atom is 0.149 e. The van der Waals surface area contributed by atoms with E-state index in [9.17, 15) is 0 Å². The predicted octanol–water partition coefficient (Wildman–Crippen LogP) is 3.19. The fourth-order valence-electron chi connectivity index (χ4n) is 0.584. The first-order valence-electron chi connectivity index (χ1n) is 3.77. The minimum atomic E-state index is 0.305. The molecule has 0 aromatic carbocycles. The lowest BCUT2D eigenvalue weighted by Crippen LogP contribution is -2.16. The molecule has 12 heavy (non-hydrogen) atoms. The monoisotopic (exact) mass is 219 g/mol. The van der Waals surface area contributed by atoms with Gasteiger partial charge in [0.15, 0.2) is 0 Å². The second kappa shape index (κ2) is 4.53. The van der Waals surface area contributed by atoms with Gasteiger partial charge < -0.3 is 0 Å². The van der Waals surface area contributed by atoms with Crippen molar-refractivity contribution in [3.05, 3.63) is 11.6 Å². The van der Waals surface area contributed by atoms with E-state index in [-0.39, 0.29) is 0 Å². The van der Waals surface area contributed by atoms with Gasteiger partial charge in [-0.3, -0.25) is 0 Å². The van der Waals surface area contributed by atoms with Gasteiger partial charge in [0.2, 0.25) is 0 Å². The van der Waals surface area contributed by atoms with Crippen molar-refractivity contribution >= 4 is 35.7 Å². The first-order chi connectivity index (χ1) is 5.64. The number of thiol groups is 1. The molecule has 0 unspecified atom stereocenters. The van der Waals surface area contributed by atoms with Gasteiger partial charge in [-0.15, -0.1) is 11.3 Å². The lowest BCUT2D eigenvalue weighted by molar-refractivity contribution is 0.493. The smallest absolute Gasteiger partial charge is 0.149 e. The fourth-order valence-corrected chi connectivity index (χ4v) is 2.57. The van der Waals surface area contributed by atoms with E-state index in [2.05, 4.69) is 31.5 Å². The van der Waals surface area contributed by atoms with Crippen LogP contribution in [-0.4, -0.2) is 16.5 Å². The van der Waals surface area contributed by atoms with E-state index in [1.807, 2.05) is 23.3 Å². The summed E-state index contributed by atoms with van der Waals surface area (Å²) < 4.78 is 1.16. The third-order valence-corrected chi connectivity index (χ3v) is 4.77. The normalized spacial score (nSPS) is 11.9. The number of hydrogen-bond acceptors (Lipinski definition) is 4. The maximum absolute atomic E-state index is 4.30. The van der Waals surface area contributed by atoms with E-state index in [1.165, 1.54) is 0 Å². The van der Waals surface area contributed by atoms with Crippen LogP contribution in [0.5, 0.6) is 0 Å². The number of hydrogen-bond donors (Lipinski definition) is 1. The molecule has 0 saturated carbocycles. The largest absolute Gasteiger partial charge is 0.238 e. The van der Waals surface area contributed by atoms with Crippen LogP contribution in [0, 0.1) is 5.41 Å². The first-order valence-corrected chi connectivity index (χ1v) is 6.27. The van der Waals surface area contributed by atoms with Crippen LogP contribution < -0.4 is 0 Å². The zero-order valence-corrected chi connectivity index (χ0v) is 9.81. The number of thioether (sulfide) groups is 1. The summed E-state index contributed by atoms with van der Waals surface area (Å²) in [6.07, 6.45) is 1.85. The van der Waals surface area contributed by atoms with Crippen molar-refractivity contribution in [3.8, 4) is 0 Å². The average Bonchev–Trinajstić information content (AvgIpc) is 2.53. The Morgan fingerprint density at radius 1 is 1.67 bits per heavy atom. The van der Waals surface area contributed by atoms with Gasteiger partial charge in [-0.05, 0) is 11.2 Å². The molecule has 1 heterocycles. The summed E-state index contributed by atoms with van der Waals surface area (Å²) in [7, 11) is 0. The molecule has 1 aromatic rings. The Labute approximate surface area is 87.4 Å². The maximum atomic E-state index is 4.30. The molecular weight excluding hydrogens is 206 g/mol. The molecule has 0 spiro atoms. The Kier molecular flexibility index (Phi) is 3.93. The topological polar surface area (TPSA) is 12.9 Å². The minimum absolute atomic E-state index is 0.305. The zero-order valence-electron chi connectivity index (χ0n) is 7.28. The first kappa shape index (κ1) is 10.4. The number of rotatable bonds is 4. The van der Waals surface area contributed by atoms with Crippen LogP contribution in [0.4, 0.5) is 0 Å². The van der Waals surface area contributed by atoms with E-state index < -0.39 is 0 Å². The summed E-state index contributed by atoms with van der Waals surface area (Å²) in [6, 6.07) is 0. The van der Waals surface area contributed by atoms with Crippen molar-refractivity contribution in [2.24, 2.45) is 5.41 Å². The SMILES string of the molecule is CC(C)(CS)CSc1nccs1. The molecule has 1 aromatic heterocycles. The van der Waals surface area contributed by atoms with Gasteiger partial charge in [0, 0.05) is 17.3 Å². The lowest BCUT2D eigenvalue weighted by Gasteiger charge is -2.20. The molecule has 0 saturated heterocycles. The standard InChI is InChI=1S/C8H13NS3/c1-8(2,5-10)6-12-7-9-3-4-11-7/h3-4,10H,5-6H2,1-2H3. The fraction of sp³-hybridized carbons (Fsp3) is 0.625. The molecular formula is C8H13NS3. The van der Waals surface area contributed by atoms with Crippen LogP contribution >= 0.6 is 35.7 Å². The van der Waals surface area contributed by atoms with Crippen molar-refractivity contribution < 1.29 is 0 Å². The third kappa shape index (κ3) is 3.37. The quantitative estimate of drug-likeness (QED) is 0.617. The van der Waals surface area contributed by atoms with Gasteiger partial charge in [0.25, 0.3) is 0 Å². The van der Waals surface area contributed by atoms with E-state index in [0.29, 0.717) is 5.41 Å². The summed E-state index contributed by atoms with van der Waals surface area (Å²) in [6.45, 7) is 4.45. The van der Waals surface area contributed by atoms with Gasteiger partial charge >= 0.3 is 0 Å². The van der Waals surface area contributed by atoms with E-state index in [1.54, 1.807) is 11.3 Å². The van der Waals surface area contributed by atoms with Gasteiger partial charge in [-0.1, -0.05) is 25.6 Å². The van der Waals surface area contributed by atoms with Crippen LogP contribution in [0.3, 0.4) is 0 Å². The predicted molar refractivity (Wildman–Crippen MR) is 60.5 cm³/mol. The van der Waals surface area contributed by atoms with Crippen molar-refractivity contribution in [2.75, 3.05) is 11.5 Å². The Balaban J connectivity index is 2.36. The summed E-state index contributed by atoms with van der Waals surface area (Å²) in [5, 5.41) is 2.01. The molecule has 1 nitrogen and oxygen atoms in total. The molecule has 68 valence electrons. The summed E-state index contributed by atoms with van der Waals surface area (Å²) in [4.78, 5) is 4.21. The van der Waals surface area contributed by atoms with Gasteiger partial charge in [0.05, 0.1) is 0 Å². The molecule has 0 N–H and O–H groups in total. The molecule has 4 heteroatoms. The van der Waals surface area contributed by atoms with Crippen LogP contribution in [0.25, 0.3) is 0 Å². The van der Waals surface area contributed by atoms with Crippen molar-refractivity contribution in [1.82, 2.24) is 4.98 Å². The molecule has 1 rings (SSSR count). The van der Waals surface area contributed by atoms with Gasteiger partial charge in [0.1, 0.15) is 4.34 Å². The molecule has 0 radical (unpaired) electrons. The Morgan fingerprint density at radius 3 is 2.92 bits per heavy atom. The Bertz CT molecular complexity index is 218. The highest BCUT2D eigenvalue weighted by atomic mass is 32.2. The number of aromatic nitrogens is 1. The van der Waals surface area contributed by atoms with Crippen molar-refractivity contribution in [1.29, 1.82) is 0 Å². The van der Waals surface area contributed by atoms with Gasteiger partial charge in [-0.25, -0.2) is 4.98 Å². The van der Waals surface area contributed by atoms with Crippen LogP contribution in [-0.2, 0) is 0 Å².